The van der Waals surface area contributed by atoms with Crippen LogP contribution in [0.3, 0.4) is 0 Å². The van der Waals surface area contributed by atoms with Gasteiger partial charge in [-0.15, -0.1) is 0 Å². The first-order valence-electron chi connectivity index (χ1n) is 5.60. The highest BCUT2D eigenvalue weighted by Gasteiger charge is 2.07. The fraction of sp³-hybridized carbons (Fsp3) is 0. The smallest absolute Gasteiger partial charge is 0.417 e. The van der Waals surface area contributed by atoms with E-state index in [2.05, 4.69) is 4.98 Å². The van der Waals surface area contributed by atoms with Crippen LogP contribution in [0.15, 0.2) is 51.7 Å². The standard InChI is InChI=1S/C14H9NO4/c16-13(17)10-3-1-2-8(6-10)9-4-5-12-11(7-9)15-14(18)19-12/h1-7H,(H,15,18)(H,16,17). The normalized spacial score (nSPS) is 10.7. The number of aromatic carboxylic acids is 1. The molecule has 5 heteroatoms. The molecule has 0 aliphatic rings. The predicted octanol–water partition coefficient (Wildman–Crippen LogP) is 2.49. The first-order chi connectivity index (χ1) is 9.13. The van der Waals surface area contributed by atoms with Crippen molar-refractivity contribution in [3.8, 4) is 11.1 Å². The zero-order valence-electron chi connectivity index (χ0n) is 9.71. The van der Waals surface area contributed by atoms with Gasteiger partial charge < -0.3 is 9.52 Å². The number of oxazole rings is 1. The molecule has 3 rings (SSSR count). The van der Waals surface area contributed by atoms with Crippen molar-refractivity contribution in [2.45, 2.75) is 0 Å². The van der Waals surface area contributed by atoms with Gasteiger partial charge in [0.1, 0.15) is 0 Å². The van der Waals surface area contributed by atoms with Crippen LogP contribution in [0.25, 0.3) is 22.2 Å². The molecule has 0 aliphatic heterocycles. The SMILES string of the molecule is O=C(O)c1cccc(-c2ccc3oc(=O)[nH]c3c2)c1. The summed E-state index contributed by atoms with van der Waals surface area (Å²) in [6.45, 7) is 0. The Kier molecular flexibility index (Phi) is 2.45. The molecule has 94 valence electrons. The Bertz CT molecular complexity index is 829. The van der Waals surface area contributed by atoms with E-state index in [1.807, 2.05) is 6.07 Å². The van der Waals surface area contributed by atoms with Crippen LogP contribution >= 0.6 is 0 Å². The lowest BCUT2D eigenvalue weighted by Crippen LogP contribution is -1.95. The Hall–Kier alpha value is -2.82. The first kappa shape index (κ1) is 11.3. The zero-order chi connectivity index (χ0) is 13.4. The third-order valence-corrected chi connectivity index (χ3v) is 2.86. The molecule has 0 saturated heterocycles. The minimum atomic E-state index is -0.973. The van der Waals surface area contributed by atoms with E-state index in [1.165, 1.54) is 6.07 Å². The van der Waals surface area contributed by atoms with Gasteiger partial charge in [-0.1, -0.05) is 18.2 Å². The van der Waals surface area contributed by atoms with Gasteiger partial charge in [0.15, 0.2) is 5.58 Å². The number of nitrogens with one attached hydrogen (secondary N) is 1. The number of rotatable bonds is 2. The molecule has 0 fully saturated rings. The molecule has 1 aromatic heterocycles. The first-order valence-corrected chi connectivity index (χ1v) is 5.60. The second-order valence-electron chi connectivity index (χ2n) is 4.11. The molecular weight excluding hydrogens is 246 g/mol. The second kappa shape index (κ2) is 4.13. The van der Waals surface area contributed by atoms with Crippen LogP contribution in [-0.2, 0) is 0 Å². The lowest BCUT2D eigenvalue weighted by molar-refractivity contribution is 0.0697. The van der Waals surface area contributed by atoms with E-state index in [4.69, 9.17) is 9.52 Å². The fourth-order valence-electron chi connectivity index (χ4n) is 1.96. The van der Waals surface area contributed by atoms with Crippen molar-refractivity contribution in [2.24, 2.45) is 0 Å². The number of carbonyl (C=O) groups is 1. The maximum Gasteiger partial charge on any atom is 0.417 e. The summed E-state index contributed by atoms with van der Waals surface area (Å²) in [5, 5.41) is 8.97. The van der Waals surface area contributed by atoms with Gasteiger partial charge in [0.2, 0.25) is 0 Å². The highest BCUT2D eigenvalue weighted by molar-refractivity contribution is 5.90. The second-order valence-corrected chi connectivity index (χ2v) is 4.11. The van der Waals surface area contributed by atoms with Crippen molar-refractivity contribution in [3.05, 3.63) is 58.6 Å². The number of benzene rings is 2. The summed E-state index contributed by atoms with van der Waals surface area (Å²) in [7, 11) is 0. The number of hydrogen-bond donors (Lipinski definition) is 2. The van der Waals surface area contributed by atoms with E-state index in [1.54, 1.807) is 30.3 Å². The zero-order valence-corrected chi connectivity index (χ0v) is 9.71. The van der Waals surface area contributed by atoms with Gasteiger partial charge in [0, 0.05) is 0 Å². The topological polar surface area (TPSA) is 83.3 Å². The highest BCUT2D eigenvalue weighted by Crippen LogP contribution is 2.23. The van der Waals surface area contributed by atoms with Crippen LogP contribution < -0.4 is 5.76 Å². The third-order valence-electron chi connectivity index (χ3n) is 2.86. The Morgan fingerprint density at radius 2 is 1.89 bits per heavy atom. The average Bonchev–Trinajstić information content (AvgIpc) is 2.77. The number of aromatic nitrogens is 1. The monoisotopic (exact) mass is 255 g/mol. The molecule has 0 atom stereocenters. The van der Waals surface area contributed by atoms with Crippen LogP contribution in [0.4, 0.5) is 0 Å². The highest BCUT2D eigenvalue weighted by atomic mass is 16.4. The van der Waals surface area contributed by atoms with Gasteiger partial charge in [-0.05, 0) is 35.4 Å². The van der Waals surface area contributed by atoms with Crippen LogP contribution in [-0.4, -0.2) is 16.1 Å². The van der Waals surface area contributed by atoms with Gasteiger partial charge >= 0.3 is 11.7 Å². The Labute approximate surface area is 107 Å². The molecular formula is C14H9NO4. The lowest BCUT2D eigenvalue weighted by atomic mass is 10.0. The largest absolute Gasteiger partial charge is 0.478 e. The molecule has 1 heterocycles. The number of carboxylic acid groups (broad SMARTS) is 1. The van der Waals surface area contributed by atoms with Gasteiger partial charge in [-0.25, -0.2) is 9.59 Å². The summed E-state index contributed by atoms with van der Waals surface area (Å²) in [5.41, 5.74) is 2.86. The molecule has 19 heavy (non-hydrogen) atoms. The van der Waals surface area contributed by atoms with Crippen LogP contribution in [0, 0.1) is 0 Å². The Morgan fingerprint density at radius 1 is 1.11 bits per heavy atom. The molecule has 3 aromatic rings. The summed E-state index contributed by atoms with van der Waals surface area (Å²) in [5.74, 6) is -1.48. The van der Waals surface area contributed by atoms with E-state index >= 15 is 0 Å². The van der Waals surface area contributed by atoms with Crippen LogP contribution in [0.5, 0.6) is 0 Å². The van der Waals surface area contributed by atoms with Crippen molar-refractivity contribution >= 4 is 17.1 Å². The minimum absolute atomic E-state index is 0.221. The van der Waals surface area contributed by atoms with Gasteiger partial charge in [-0.3, -0.25) is 4.98 Å². The molecule has 2 aromatic carbocycles. The lowest BCUT2D eigenvalue weighted by Gasteiger charge is -2.02. The molecule has 0 radical (unpaired) electrons. The summed E-state index contributed by atoms with van der Waals surface area (Å²) in [4.78, 5) is 24.6. The van der Waals surface area contributed by atoms with E-state index in [0.29, 0.717) is 11.1 Å². The maximum atomic E-state index is 11.1. The molecule has 0 bridgehead atoms. The quantitative estimate of drug-likeness (QED) is 0.736. The fourth-order valence-corrected chi connectivity index (χ4v) is 1.96. The Balaban J connectivity index is 2.15. The van der Waals surface area contributed by atoms with Gasteiger partial charge in [-0.2, -0.15) is 0 Å². The molecule has 0 spiro atoms. The van der Waals surface area contributed by atoms with Crippen molar-refractivity contribution < 1.29 is 14.3 Å². The van der Waals surface area contributed by atoms with Crippen LogP contribution in [0.2, 0.25) is 0 Å². The number of carboxylic acids is 1. The Morgan fingerprint density at radius 3 is 2.68 bits per heavy atom. The van der Waals surface area contributed by atoms with Crippen molar-refractivity contribution in [1.82, 2.24) is 4.98 Å². The molecule has 2 N–H and O–H groups in total. The number of H-pyrrole nitrogens is 1. The van der Waals surface area contributed by atoms with E-state index in [0.717, 1.165) is 11.1 Å². The van der Waals surface area contributed by atoms with Crippen molar-refractivity contribution in [2.75, 3.05) is 0 Å². The van der Waals surface area contributed by atoms with Crippen molar-refractivity contribution in [1.29, 1.82) is 0 Å². The van der Waals surface area contributed by atoms with E-state index < -0.39 is 11.7 Å². The average molecular weight is 255 g/mol. The minimum Gasteiger partial charge on any atom is -0.478 e. The third kappa shape index (κ3) is 2.01. The summed E-state index contributed by atoms with van der Waals surface area (Å²) < 4.78 is 4.92. The summed E-state index contributed by atoms with van der Waals surface area (Å²) in [6.07, 6.45) is 0. The van der Waals surface area contributed by atoms with E-state index in [-0.39, 0.29) is 5.56 Å². The maximum absolute atomic E-state index is 11.1. The molecule has 0 amide bonds. The number of hydrogen-bond acceptors (Lipinski definition) is 3. The number of fused-ring (bicyclic) bond motifs is 1. The van der Waals surface area contributed by atoms with Crippen molar-refractivity contribution in [3.63, 3.8) is 0 Å². The van der Waals surface area contributed by atoms with Gasteiger partial charge in [0.05, 0.1) is 11.1 Å². The molecule has 5 nitrogen and oxygen atoms in total. The molecule has 0 unspecified atom stereocenters. The summed E-state index contributed by atoms with van der Waals surface area (Å²) in [6, 6.07) is 11.8. The van der Waals surface area contributed by atoms with Crippen LogP contribution in [0.1, 0.15) is 10.4 Å². The summed E-state index contributed by atoms with van der Waals surface area (Å²) >= 11 is 0. The van der Waals surface area contributed by atoms with Gasteiger partial charge in [0.25, 0.3) is 0 Å². The molecule has 0 aliphatic carbocycles. The number of aromatic amines is 1. The van der Waals surface area contributed by atoms with E-state index in [9.17, 15) is 9.59 Å². The molecule has 0 saturated carbocycles. The predicted molar refractivity (Wildman–Crippen MR) is 69.2 cm³/mol.